The van der Waals surface area contributed by atoms with E-state index in [0.29, 0.717) is 18.5 Å². The summed E-state index contributed by atoms with van der Waals surface area (Å²) in [6.45, 7) is 3.65. The van der Waals surface area contributed by atoms with Crippen LogP contribution in [-0.4, -0.2) is 16.1 Å². The summed E-state index contributed by atoms with van der Waals surface area (Å²) in [4.78, 5) is 4.24. The Morgan fingerprint density at radius 2 is 1.95 bits per heavy atom. The molecule has 0 aliphatic rings. The van der Waals surface area contributed by atoms with Gasteiger partial charge < -0.3 is 9.88 Å². The van der Waals surface area contributed by atoms with Gasteiger partial charge in [0.2, 0.25) is 5.95 Å². The molecule has 0 aliphatic carbocycles. The molecule has 0 aliphatic heterocycles. The molecular weight excluding hydrogens is 260 g/mol. The molecule has 5 heteroatoms. The molecule has 1 heterocycles. The number of anilines is 1. The minimum Gasteiger partial charge on any atom is -0.355 e. The predicted octanol–water partition coefficient (Wildman–Crippen LogP) is 3.62. The van der Waals surface area contributed by atoms with Gasteiger partial charge in [0.15, 0.2) is 0 Å². The average molecular weight is 279 g/mol. The number of nitrogens with one attached hydrogen (secondary N) is 1. The van der Waals surface area contributed by atoms with Gasteiger partial charge in [-0.3, -0.25) is 0 Å². The van der Waals surface area contributed by atoms with E-state index in [4.69, 9.17) is 0 Å². The molecule has 0 saturated carbocycles. The number of unbranched alkanes of at least 4 members (excludes halogenated alkanes) is 1. The molecular formula is C15H19F2N3. The van der Waals surface area contributed by atoms with Gasteiger partial charge in [-0.05, 0) is 30.5 Å². The normalized spacial score (nSPS) is 10.8. The first-order valence-electron chi connectivity index (χ1n) is 6.89. The molecule has 3 nitrogen and oxygen atoms in total. The number of benzene rings is 1. The minimum absolute atomic E-state index is 0.538. The Morgan fingerprint density at radius 3 is 2.65 bits per heavy atom. The van der Waals surface area contributed by atoms with E-state index in [2.05, 4.69) is 21.8 Å². The van der Waals surface area contributed by atoms with Crippen LogP contribution in [0.5, 0.6) is 0 Å². The smallest absolute Gasteiger partial charge is 0.202 e. The third-order valence-corrected chi connectivity index (χ3v) is 3.09. The van der Waals surface area contributed by atoms with Crippen molar-refractivity contribution in [3.63, 3.8) is 0 Å². The van der Waals surface area contributed by atoms with Gasteiger partial charge in [-0.1, -0.05) is 13.3 Å². The fourth-order valence-electron chi connectivity index (χ4n) is 2.06. The molecule has 20 heavy (non-hydrogen) atoms. The Labute approximate surface area is 117 Å². The van der Waals surface area contributed by atoms with E-state index in [1.54, 1.807) is 6.20 Å². The lowest BCUT2D eigenvalue weighted by Crippen LogP contribution is -2.11. The molecule has 1 N–H and O–H groups in total. The topological polar surface area (TPSA) is 29.9 Å². The standard InChI is InChI=1S/C15H19F2N3/c1-2-3-7-20-8-6-19-15(20)18-5-4-12-9-13(16)11-14(17)10-12/h6,8-11H,2-5,7H2,1H3,(H,18,19). The summed E-state index contributed by atoms with van der Waals surface area (Å²) in [7, 11) is 0. The first-order valence-corrected chi connectivity index (χ1v) is 6.89. The van der Waals surface area contributed by atoms with Gasteiger partial charge >= 0.3 is 0 Å². The quantitative estimate of drug-likeness (QED) is 0.839. The monoisotopic (exact) mass is 279 g/mol. The largest absolute Gasteiger partial charge is 0.355 e. The Kier molecular flexibility index (Phi) is 5.09. The Morgan fingerprint density at radius 1 is 1.20 bits per heavy atom. The highest BCUT2D eigenvalue weighted by atomic mass is 19.1. The minimum atomic E-state index is -0.538. The summed E-state index contributed by atoms with van der Waals surface area (Å²) in [5, 5.41) is 3.20. The average Bonchev–Trinajstić information content (AvgIpc) is 2.83. The van der Waals surface area contributed by atoms with Crippen LogP contribution in [0, 0.1) is 11.6 Å². The van der Waals surface area contributed by atoms with Crippen molar-refractivity contribution in [2.75, 3.05) is 11.9 Å². The summed E-state index contributed by atoms with van der Waals surface area (Å²) in [6.07, 6.45) is 6.45. The zero-order valence-corrected chi connectivity index (χ0v) is 11.6. The van der Waals surface area contributed by atoms with Crippen LogP contribution in [-0.2, 0) is 13.0 Å². The van der Waals surface area contributed by atoms with Gasteiger partial charge in [0.05, 0.1) is 0 Å². The molecule has 0 radical (unpaired) electrons. The van der Waals surface area contributed by atoms with E-state index in [-0.39, 0.29) is 0 Å². The van der Waals surface area contributed by atoms with Crippen molar-refractivity contribution in [3.05, 3.63) is 47.8 Å². The van der Waals surface area contributed by atoms with Crippen molar-refractivity contribution in [2.45, 2.75) is 32.7 Å². The van der Waals surface area contributed by atoms with Crippen molar-refractivity contribution in [1.29, 1.82) is 0 Å². The van der Waals surface area contributed by atoms with Crippen LogP contribution in [0.3, 0.4) is 0 Å². The summed E-state index contributed by atoms with van der Waals surface area (Å²) in [5.41, 5.74) is 0.640. The second-order valence-corrected chi connectivity index (χ2v) is 4.75. The van der Waals surface area contributed by atoms with Gasteiger partial charge in [0.1, 0.15) is 11.6 Å². The van der Waals surface area contributed by atoms with Gasteiger partial charge in [0.25, 0.3) is 0 Å². The molecule has 0 saturated heterocycles. The van der Waals surface area contributed by atoms with Gasteiger partial charge in [0, 0.05) is 31.5 Å². The van der Waals surface area contributed by atoms with Crippen molar-refractivity contribution >= 4 is 5.95 Å². The number of aryl methyl sites for hydroxylation is 1. The van der Waals surface area contributed by atoms with Gasteiger partial charge in [-0.2, -0.15) is 0 Å². The van der Waals surface area contributed by atoms with Crippen LogP contribution < -0.4 is 5.32 Å². The number of nitrogens with zero attached hydrogens (tertiary/aromatic N) is 2. The number of hydrogen-bond acceptors (Lipinski definition) is 2. The molecule has 1 aromatic carbocycles. The van der Waals surface area contributed by atoms with Crippen LogP contribution in [0.4, 0.5) is 14.7 Å². The Bertz CT molecular complexity index is 532. The predicted molar refractivity (Wildman–Crippen MR) is 75.7 cm³/mol. The molecule has 2 aromatic rings. The van der Waals surface area contributed by atoms with Crippen molar-refractivity contribution < 1.29 is 8.78 Å². The summed E-state index contributed by atoms with van der Waals surface area (Å²) in [6, 6.07) is 3.59. The van der Waals surface area contributed by atoms with Gasteiger partial charge in [-0.15, -0.1) is 0 Å². The maximum atomic E-state index is 13.1. The second kappa shape index (κ2) is 7.03. The molecule has 2 rings (SSSR count). The molecule has 0 bridgehead atoms. The second-order valence-electron chi connectivity index (χ2n) is 4.75. The molecule has 1 aromatic heterocycles. The van der Waals surface area contributed by atoms with E-state index >= 15 is 0 Å². The maximum absolute atomic E-state index is 13.1. The lowest BCUT2D eigenvalue weighted by molar-refractivity contribution is 0.579. The van der Waals surface area contributed by atoms with Crippen molar-refractivity contribution in [3.8, 4) is 0 Å². The van der Waals surface area contributed by atoms with Crippen molar-refractivity contribution in [1.82, 2.24) is 9.55 Å². The number of halogens is 2. The summed E-state index contributed by atoms with van der Waals surface area (Å²) in [5.74, 6) is -0.274. The molecule has 0 unspecified atom stereocenters. The van der Waals surface area contributed by atoms with E-state index in [1.165, 1.54) is 12.1 Å². The van der Waals surface area contributed by atoms with Crippen molar-refractivity contribution in [2.24, 2.45) is 0 Å². The first kappa shape index (κ1) is 14.5. The van der Waals surface area contributed by atoms with Crippen LogP contribution in [0.25, 0.3) is 0 Å². The number of aromatic nitrogens is 2. The highest BCUT2D eigenvalue weighted by Gasteiger charge is 2.03. The van der Waals surface area contributed by atoms with Crippen LogP contribution in [0.1, 0.15) is 25.3 Å². The zero-order valence-electron chi connectivity index (χ0n) is 11.6. The van der Waals surface area contributed by atoms with E-state index in [0.717, 1.165) is 31.4 Å². The molecule has 0 spiro atoms. The number of hydrogen-bond donors (Lipinski definition) is 1. The summed E-state index contributed by atoms with van der Waals surface area (Å²) < 4.78 is 28.2. The Hall–Kier alpha value is -1.91. The molecule has 0 atom stereocenters. The Balaban J connectivity index is 1.88. The SMILES string of the molecule is CCCCn1ccnc1NCCc1cc(F)cc(F)c1. The number of rotatable bonds is 7. The van der Waals surface area contributed by atoms with E-state index in [9.17, 15) is 8.78 Å². The van der Waals surface area contributed by atoms with Crippen LogP contribution in [0.15, 0.2) is 30.6 Å². The van der Waals surface area contributed by atoms with Crippen LogP contribution >= 0.6 is 0 Å². The van der Waals surface area contributed by atoms with Gasteiger partial charge in [-0.25, -0.2) is 13.8 Å². The highest BCUT2D eigenvalue weighted by Crippen LogP contribution is 2.10. The lowest BCUT2D eigenvalue weighted by Gasteiger charge is -2.09. The molecule has 0 fully saturated rings. The maximum Gasteiger partial charge on any atom is 0.202 e. The highest BCUT2D eigenvalue weighted by molar-refractivity contribution is 5.27. The fourth-order valence-corrected chi connectivity index (χ4v) is 2.06. The molecule has 0 amide bonds. The van der Waals surface area contributed by atoms with E-state index in [1.807, 2.05) is 6.20 Å². The molecule has 108 valence electrons. The summed E-state index contributed by atoms with van der Waals surface area (Å²) >= 11 is 0. The fraction of sp³-hybridized carbons (Fsp3) is 0.400. The first-order chi connectivity index (χ1) is 9.69. The zero-order chi connectivity index (χ0) is 14.4. The van der Waals surface area contributed by atoms with Crippen LogP contribution in [0.2, 0.25) is 0 Å². The number of imidazole rings is 1. The third kappa shape index (κ3) is 4.05. The van der Waals surface area contributed by atoms with E-state index < -0.39 is 11.6 Å². The third-order valence-electron chi connectivity index (χ3n) is 3.09. The lowest BCUT2D eigenvalue weighted by atomic mass is 10.1.